The Morgan fingerprint density at radius 3 is 2.73 bits per heavy atom. The van der Waals surface area contributed by atoms with Crippen molar-refractivity contribution in [1.29, 1.82) is 0 Å². The van der Waals surface area contributed by atoms with Crippen molar-refractivity contribution >= 4 is 17.4 Å². The van der Waals surface area contributed by atoms with Gasteiger partial charge < -0.3 is 5.32 Å². The van der Waals surface area contributed by atoms with Gasteiger partial charge in [-0.15, -0.1) is 0 Å². The van der Waals surface area contributed by atoms with Crippen molar-refractivity contribution in [3.8, 4) is 0 Å². The lowest BCUT2D eigenvalue weighted by Gasteiger charge is -2.16. The first-order valence-corrected chi connectivity index (χ1v) is 5.76. The third kappa shape index (κ3) is 2.43. The molecule has 0 saturated heterocycles. The maximum absolute atomic E-state index is 5.83. The van der Waals surface area contributed by atoms with Gasteiger partial charge in [0.05, 0.1) is 0 Å². The number of anilines is 1. The van der Waals surface area contributed by atoms with E-state index in [1.165, 1.54) is 6.42 Å². The standard InChI is InChI=1S/C12H17ClN2/c1-8(9-7-12(9,2)3)14-11-6-4-5-10(13)15-11/h4-6,8-9H,7H2,1-3H3,(H,14,15). The van der Waals surface area contributed by atoms with Crippen molar-refractivity contribution in [2.75, 3.05) is 5.32 Å². The molecular formula is C12H17ClN2. The van der Waals surface area contributed by atoms with Gasteiger partial charge in [0, 0.05) is 6.04 Å². The second-order valence-electron chi connectivity index (χ2n) is 5.08. The van der Waals surface area contributed by atoms with Crippen molar-refractivity contribution in [3.05, 3.63) is 23.4 Å². The lowest BCUT2D eigenvalue weighted by atomic mass is 10.1. The molecule has 0 bridgehead atoms. The molecule has 1 saturated carbocycles. The molecule has 15 heavy (non-hydrogen) atoms. The van der Waals surface area contributed by atoms with Crippen molar-refractivity contribution in [1.82, 2.24) is 4.98 Å². The summed E-state index contributed by atoms with van der Waals surface area (Å²) in [5, 5.41) is 3.95. The molecule has 0 spiro atoms. The zero-order valence-electron chi connectivity index (χ0n) is 9.42. The van der Waals surface area contributed by atoms with Gasteiger partial charge in [-0.05, 0) is 36.8 Å². The number of halogens is 1. The van der Waals surface area contributed by atoms with Crippen molar-refractivity contribution in [2.24, 2.45) is 11.3 Å². The fraction of sp³-hybridized carbons (Fsp3) is 0.583. The number of pyridine rings is 1. The van der Waals surface area contributed by atoms with Gasteiger partial charge in [0.1, 0.15) is 11.0 Å². The van der Waals surface area contributed by atoms with Crippen LogP contribution >= 0.6 is 11.6 Å². The Balaban J connectivity index is 1.98. The van der Waals surface area contributed by atoms with Crippen molar-refractivity contribution < 1.29 is 0 Å². The van der Waals surface area contributed by atoms with Crippen LogP contribution in [-0.2, 0) is 0 Å². The Morgan fingerprint density at radius 2 is 2.20 bits per heavy atom. The van der Waals surface area contributed by atoms with Gasteiger partial charge in [0.25, 0.3) is 0 Å². The Labute approximate surface area is 96.1 Å². The molecule has 1 aromatic heterocycles. The summed E-state index contributed by atoms with van der Waals surface area (Å²) in [6.45, 7) is 6.82. The highest BCUT2D eigenvalue weighted by Gasteiger charge is 2.48. The zero-order chi connectivity index (χ0) is 11.1. The minimum Gasteiger partial charge on any atom is -0.367 e. The average Bonchev–Trinajstić information content (AvgIpc) is 2.75. The minimum absolute atomic E-state index is 0.464. The molecule has 0 aliphatic heterocycles. The van der Waals surface area contributed by atoms with E-state index in [2.05, 4.69) is 31.1 Å². The first kappa shape index (κ1) is 10.7. The van der Waals surface area contributed by atoms with Crippen LogP contribution in [0.3, 0.4) is 0 Å². The topological polar surface area (TPSA) is 24.9 Å². The van der Waals surface area contributed by atoms with Crippen LogP contribution in [-0.4, -0.2) is 11.0 Å². The second kappa shape index (κ2) is 3.67. The van der Waals surface area contributed by atoms with Crippen LogP contribution in [0.2, 0.25) is 5.15 Å². The van der Waals surface area contributed by atoms with Gasteiger partial charge in [-0.25, -0.2) is 4.98 Å². The predicted molar refractivity (Wildman–Crippen MR) is 64.2 cm³/mol. The van der Waals surface area contributed by atoms with Gasteiger partial charge >= 0.3 is 0 Å². The Morgan fingerprint density at radius 1 is 1.53 bits per heavy atom. The SMILES string of the molecule is CC(Nc1cccc(Cl)n1)C1CC1(C)C. The lowest BCUT2D eigenvalue weighted by Crippen LogP contribution is -2.20. The molecule has 0 radical (unpaired) electrons. The van der Waals surface area contributed by atoms with Crippen LogP contribution in [0.1, 0.15) is 27.2 Å². The number of rotatable bonds is 3. The number of hydrogen-bond acceptors (Lipinski definition) is 2. The van der Waals surface area contributed by atoms with E-state index in [-0.39, 0.29) is 0 Å². The average molecular weight is 225 g/mol. The fourth-order valence-corrected chi connectivity index (χ4v) is 2.35. The van der Waals surface area contributed by atoms with E-state index >= 15 is 0 Å². The smallest absolute Gasteiger partial charge is 0.131 e. The summed E-state index contributed by atoms with van der Waals surface area (Å²) in [7, 11) is 0. The highest BCUT2D eigenvalue weighted by molar-refractivity contribution is 6.29. The summed E-state index contributed by atoms with van der Waals surface area (Å²) in [6.07, 6.45) is 1.29. The maximum atomic E-state index is 5.83. The Bertz CT molecular complexity index is 362. The van der Waals surface area contributed by atoms with Crippen LogP contribution < -0.4 is 5.32 Å². The zero-order valence-corrected chi connectivity index (χ0v) is 10.2. The summed E-state index contributed by atoms with van der Waals surface area (Å²) in [6, 6.07) is 6.13. The molecule has 1 N–H and O–H groups in total. The van der Waals surface area contributed by atoms with E-state index in [0.717, 1.165) is 11.7 Å². The van der Waals surface area contributed by atoms with E-state index in [1.807, 2.05) is 12.1 Å². The van der Waals surface area contributed by atoms with Crippen molar-refractivity contribution in [3.63, 3.8) is 0 Å². The van der Waals surface area contributed by atoms with Gasteiger partial charge in [-0.3, -0.25) is 0 Å². The quantitative estimate of drug-likeness (QED) is 0.794. The van der Waals surface area contributed by atoms with Crippen LogP contribution in [0.4, 0.5) is 5.82 Å². The first-order valence-electron chi connectivity index (χ1n) is 5.38. The lowest BCUT2D eigenvalue weighted by molar-refractivity contribution is 0.518. The highest BCUT2D eigenvalue weighted by Crippen LogP contribution is 2.53. The normalized spacial score (nSPS) is 24.7. The molecule has 2 atom stereocenters. The van der Waals surface area contributed by atoms with E-state index < -0.39 is 0 Å². The van der Waals surface area contributed by atoms with Crippen LogP contribution in [0.25, 0.3) is 0 Å². The van der Waals surface area contributed by atoms with E-state index in [1.54, 1.807) is 6.07 Å². The fourth-order valence-electron chi connectivity index (χ4n) is 2.18. The number of aromatic nitrogens is 1. The van der Waals surface area contributed by atoms with E-state index in [0.29, 0.717) is 16.6 Å². The molecule has 1 aromatic rings. The first-order chi connectivity index (χ1) is 6.99. The largest absolute Gasteiger partial charge is 0.367 e. The molecule has 3 heteroatoms. The number of hydrogen-bond donors (Lipinski definition) is 1. The summed E-state index contributed by atoms with van der Waals surface area (Å²) in [5.41, 5.74) is 0.491. The van der Waals surface area contributed by atoms with E-state index in [4.69, 9.17) is 11.6 Å². The molecule has 0 aromatic carbocycles. The van der Waals surface area contributed by atoms with Gasteiger partial charge in [0.15, 0.2) is 0 Å². The third-order valence-corrected chi connectivity index (χ3v) is 3.49. The molecule has 82 valence electrons. The summed E-state index contributed by atoms with van der Waals surface area (Å²) in [4.78, 5) is 4.23. The molecular weight excluding hydrogens is 208 g/mol. The summed E-state index contributed by atoms with van der Waals surface area (Å²) >= 11 is 5.83. The van der Waals surface area contributed by atoms with Crippen LogP contribution in [0.15, 0.2) is 18.2 Å². The number of nitrogens with one attached hydrogen (secondary N) is 1. The molecule has 1 fully saturated rings. The van der Waals surface area contributed by atoms with Crippen LogP contribution in [0.5, 0.6) is 0 Å². The third-order valence-electron chi connectivity index (χ3n) is 3.28. The predicted octanol–water partition coefficient (Wildman–Crippen LogP) is 3.58. The molecule has 2 rings (SSSR count). The minimum atomic E-state index is 0.464. The maximum Gasteiger partial charge on any atom is 0.131 e. The van der Waals surface area contributed by atoms with Crippen LogP contribution in [0, 0.1) is 11.3 Å². The van der Waals surface area contributed by atoms with Gasteiger partial charge in [-0.2, -0.15) is 0 Å². The second-order valence-corrected chi connectivity index (χ2v) is 5.47. The highest BCUT2D eigenvalue weighted by atomic mass is 35.5. The molecule has 1 aliphatic rings. The monoisotopic (exact) mass is 224 g/mol. The Kier molecular flexibility index (Phi) is 2.63. The summed E-state index contributed by atoms with van der Waals surface area (Å²) < 4.78 is 0. The summed E-state index contributed by atoms with van der Waals surface area (Å²) in [5.74, 6) is 1.62. The molecule has 1 heterocycles. The van der Waals surface area contributed by atoms with Crippen molar-refractivity contribution in [2.45, 2.75) is 33.2 Å². The number of nitrogens with zero attached hydrogens (tertiary/aromatic N) is 1. The Hall–Kier alpha value is -0.760. The molecule has 2 nitrogen and oxygen atoms in total. The van der Waals surface area contributed by atoms with E-state index in [9.17, 15) is 0 Å². The van der Waals surface area contributed by atoms with Gasteiger partial charge in [0.2, 0.25) is 0 Å². The molecule has 2 unspecified atom stereocenters. The molecule has 0 amide bonds. The molecule has 1 aliphatic carbocycles. The van der Waals surface area contributed by atoms with Gasteiger partial charge in [-0.1, -0.05) is 31.5 Å².